The van der Waals surface area contributed by atoms with Gasteiger partial charge in [-0.2, -0.15) is 0 Å². The van der Waals surface area contributed by atoms with Gasteiger partial charge in [0.2, 0.25) is 0 Å². The van der Waals surface area contributed by atoms with Crippen LogP contribution >= 0.6 is 0 Å². The molecule has 2 fully saturated rings. The van der Waals surface area contributed by atoms with E-state index in [1.807, 2.05) is 54.6 Å². The molecule has 0 amide bonds. The number of pyridine rings is 3. The molecule has 3 aromatic rings. The fourth-order valence-corrected chi connectivity index (χ4v) is 3.79. The number of hydrogen-bond donors (Lipinski definition) is 0. The van der Waals surface area contributed by atoms with Crippen LogP contribution in [0.5, 0.6) is 0 Å². The molecule has 0 radical (unpaired) electrons. The highest BCUT2D eigenvalue weighted by Gasteiger charge is 2.15. The van der Waals surface area contributed by atoms with Crippen LogP contribution in [0.1, 0.15) is 0 Å². The summed E-state index contributed by atoms with van der Waals surface area (Å²) in [6, 6.07) is 18.2. The lowest BCUT2D eigenvalue weighted by Crippen LogP contribution is -2.36. The second-order valence-electron chi connectivity index (χ2n) is 7.37. The molecule has 0 atom stereocenters. The second kappa shape index (κ2) is 8.77. The lowest BCUT2D eigenvalue weighted by molar-refractivity contribution is 0.122. The molecular formula is C23H25N5O2. The molecule has 2 aliphatic heterocycles. The molecule has 0 bridgehead atoms. The Bertz CT molecular complexity index is 923. The van der Waals surface area contributed by atoms with Gasteiger partial charge in [0.05, 0.1) is 49.2 Å². The third kappa shape index (κ3) is 4.13. The highest BCUT2D eigenvalue weighted by molar-refractivity contribution is 5.64. The van der Waals surface area contributed by atoms with Gasteiger partial charge in [-0.15, -0.1) is 0 Å². The van der Waals surface area contributed by atoms with Gasteiger partial charge in [0.15, 0.2) is 0 Å². The van der Waals surface area contributed by atoms with E-state index in [9.17, 15) is 0 Å². The molecule has 3 aromatic heterocycles. The maximum Gasteiger partial charge on any atom is 0.129 e. The van der Waals surface area contributed by atoms with E-state index in [0.717, 1.165) is 87.0 Å². The van der Waals surface area contributed by atoms with Gasteiger partial charge >= 0.3 is 0 Å². The lowest BCUT2D eigenvalue weighted by atomic mass is 10.2. The lowest BCUT2D eigenvalue weighted by Gasteiger charge is -2.28. The molecule has 0 saturated carbocycles. The van der Waals surface area contributed by atoms with Gasteiger partial charge in [-0.3, -0.25) is 0 Å². The minimum atomic E-state index is 0.741. The van der Waals surface area contributed by atoms with Crippen LogP contribution in [-0.2, 0) is 9.47 Å². The Balaban J connectivity index is 1.42. The highest BCUT2D eigenvalue weighted by Crippen LogP contribution is 2.24. The maximum absolute atomic E-state index is 5.46. The van der Waals surface area contributed by atoms with Gasteiger partial charge in [-0.25, -0.2) is 15.0 Å². The zero-order valence-corrected chi connectivity index (χ0v) is 16.9. The molecule has 0 spiro atoms. The normalized spacial score (nSPS) is 17.2. The number of hydrogen-bond acceptors (Lipinski definition) is 7. The van der Waals surface area contributed by atoms with Crippen molar-refractivity contribution in [2.24, 2.45) is 0 Å². The molecule has 5 heterocycles. The van der Waals surface area contributed by atoms with E-state index in [1.165, 1.54) is 0 Å². The van der Waals surface area contributed by atoms with Gasteiger partial charge in [0.1, 0.15) is 11.6 Å². The van der Waals surface area contributed by atoms with Crippen LogP contribution in [-0.4, -0.2) is 67.6 Å². The number of rotatable bonds is 4. The van der Waals surface area contributed by atoms with E-state index in [0.29, 0.717) is 0 Å². The third-order valence-electron chi connectivity index (χ3n) is 5.41. The van der Waals surface area contributed by atoms with E-state index < -0.39 is 0 Å². The second-order valence-corrected chi connectivity index (χ2v) is 7.37. The summed E-state index contributed by atoms with van der Waals surface area (Å²) in [4.78, 5) is 19.1. The number of anilines is 2. The first-order valence-corrected chi connectivity index (χ1v) is 10.4. The van der Waals surface area contributed by atoms with E-state index >= 15 is 0 Å². The fourth-order valence-electron chi connectivity index (χ4n) is 3.79. The smallest absolute Gasteiger partial charge is 0.129 e. The van der Waals surface area contributed by atoms with Crippen LogP contribution < -0.4 is 9.80 Å². The zero-order chi connectivity index (χ0) is 20.2. The average molecular weight is 403 g/mol. The summed E-state index contributed by atoms with van der Waals surface area (Å²) in [5, 5.41) is 0. The monoisotopic (exact) mass is 403 g/mol. The number of morpholine rings is 2. The minimum absolute atomic E-state index is 0.741. The molecule has 2 aliphatic rings. The Morgan fingerprint density at radius 3 is 1.30 bits per heavy atom. The van der Waals surface area contributed by atoms with Crippen molar-refractivity contribution in [1.82, 2.24) is 15.0 Å². The van der Waals surface area contributed by atoms with E-state index in [4.69, 9.17) is 24.4 Å². The summed E-state index contributed by atoms with van der Waals surface area (Å²) in [5.41, 5.74) is 3.43. The third-order valence-corrected chi connectivity index (χ3v) is 5.41. The maximum atomic E-state index is 5.46. The van der Waals surface area contributed by atoms with Crippen molar-refractivity contribution >= 4 is 11.6 Å². The molecule has 0 N–H and O–H groups in total. The van der Waals surface area contributed by atoms with Gasteiger partial charge in [0.25, 0.3) is 0 Å². The zero-order valence-electron chi connectivity index (χ0n) is 16.9. The van der Waals surface area contributed by atoms with Crippen molar-refractivity contribution in [2.45, 2.75) is 0 Å². The van der Waals surface area contributed by atoms with E-state index in [-0.39, 0.29) is 0 Å². The summed E-state index contributed by atoms with van der Waals surface area (Å²) in [6.07, 6.45) is 0. The van der Waals surface area contributed by atoms with Crippen molar-refractivity contribution in [2.75, 3.05) is 62.4 Å². The first-order valence-electron chi connectivity index (χ1n) is 10.4. The molecule has 154 valence electrons. The van der Waals surface area contributed by atoms with Crippen molar-refractivity contribution < 1.29 is 9.47 Å². The number of ether oxygens (including phenoxy) is 2. The summed E-state index contributed by atoms with van der Waals surface area (Å²) in [5.74, 6) is 1.94. The van der Waals surface area contributed by atoms with Crippen molar-refractivity contribution in [3.05, 3.63) is 54.6 Å². The molecule has 7 nitrogen and oxygen atoms in total. The minimum Gasteiger partial charge on any atom is -0.378 e. The molecule has 0 unspecified atom stereocenters. The van der Waals surface area contributed by atoms with Gasteiger partial charge in [-0.05, 0) is 36.4 Å². The van der Waals surface area contributed by atoms with Crippen molar-refractivity contribution in [3.63, 3.8) is 0 Å². The summed E-state index contributed by atoms with van der Waals surface area (Å²) >= 11 is 0. The van der Waals surface area contributed by atoms with Crippen LogP contribution in [0.15, 0.2) is 54.6 Å². The quantitative estimate of drug-likeness (QED) is 0.664. The molecule has 2 saturated heterocycles. The van der Waals surface area contributed by atoms with Gasteiger partial charge < -0.3 is 19.3 Å². The summed E-state index contributed by atoms with van der Waals surface area (Å²) in [6.45, 7) is 6.42. The fraction of sp³-hybridized carbons (Fsp3) is 0.348. The van der Waals surface area contributed by atoms with Crippen molar-refractivity contribution in [1.29, 1.82) is 0 Å². The first kappa shape index (κ1) is 19.0. The summed E-state index contributed by atoms with van der Waals surface area (Å²) < 4.78 is 10.9. The van der Waals surface area contributed by atoms with Gasteiger partial charge in [-0.1, -0.05) is 18.2 Å². The molecule has 30 heavy (non-hydrogen) atoms. The Kier molecular flexibility index (Phi) is 5.54. The van der Waals surface area contributed by atoms with Crippen molar-refractivity contribution in [3.8, 4) is 22.8 Å². The van der Waals surface area contributed by atoms with Crippen LogP contribution in [0.4, 0.5) is 11.6 Å². The molecular weight excluding hydrogens is 378 g/mol. The van der Waals surface area contributed by atoms with Crippen LogP contribution in [0.3, 0.4) is 0 Å². The standard InChI is InChI=1S/C23H25N5O2/c1-4-18(20-6-2-8-22(25-20)27-10-14-29-15-11-27)24-19(5-1)21-7-3-9-23(26-21)28-12-16-30-17-13-28/h1-9H,10-17H2. The predicted octanol–water partition coefficient (Wildman–Crippen LogP) is 2.88. The molecule has 0 aliphatic carbocycles. The summed E-state index contributed by atoms with van der Waals surface area (Å²) in [7, 11) is 0. The first-order chi connectivity index (χ1) is 14.9. The highest BCUT2D eigenvalue weighted by atomic mass is 16.5. The predicted molar refractivity (Wildman–Crippen MR) is 117 cm³/mol. The SMILES string of the molecule is c1cc(-c2cccc(N3CCOCC3)n2)nc(-c2cccc(N3CCOCC3)n2)c1. The Hall–Kier alpha value is -3.03. The Labute approximate surface area is 176 Å². The number of aromatic nitrogens is 3. The topological polar surface area (TPSA) is 63.6 Å². The van der Waals surface area contributed by atoms with Crippen LogP contribution in [0.2, 0.25) is 0 Å². The van der Waals surface area contributed by atoms with E-state index in [1.54, 1.807) is 0 Å². The van der Waals surface area contributed by atoms with Crippen LogP contribution in [0, 0.1) is 0 Å². The Morgan fingerprint density at radius 1 is 0.500 bits per heavy atom. The molecule has 5 rings (SSSR count). The van der Waals surface area contributed by atoms with E-state index in [2.05, 4.69) is 9.80 Å². The molecule has 0 aromatic carbocycles. The molecule has 7 heteroatoms. The number of nitrogens with zero attached hydrogens (tertiary/aromatic N) is 5. The largest absolute Gasteiger partial charge is 0.378 e. The average Bonchev–Trinajstić information content (AvgIpc) is 2.85. The van der Waals surface area contributed by atoms with Gasteiger partial charge in [0, 0.05) is 26.2 Å². The van der Waals surface area contributed by atoms with Crippen LogP contribution in [0.25, 0.3) is 22.8 Å². The Morgan fingerprint density at radius 2 is 0.867 bits per heavy atom.